The van der Waals surface area contributed by atoms with E-state index in [-0.39, 0.29) is 0 Å². The topological polar surface area (TPSA) is 16.8 Å². The molecule has 2 heteroatoms. The standard InChI is InChI=1S/C15H19N2/c1-2-3-4-11-17-12-7-15(8-13-17)14-5-9-16-10-6-14/h5-10,12-13H,2-4,11H2,1H3/q+1. The van der Waals surface area contributed by atoms with Gasteiger partial charge in [-0.2, -0.15) is 0 Å². The van der Waals surface area contributed by atoms with Crippen LogP contribution in [0, 0.1) is 0 Å². The van der Waals surface area contributed by atoms with Gasteiger partial charge in [0, 0.05) is 30.9 Å². The molecule has 0 aromatic carbocycles. The van der Waals surface area contributed by atoms with Crippen molar-refractivity contribution in [3.05, 3.63) is 49.1 Å². The first-order valence-electron chi connectivity index (χ1n) is 6.29. The van der Waals surface area contributed by atoms with Gasteiger partial charge in [-0.25, -0.2) is 4.57 Å². The Balaban J connectivity index is 2.03. The van der Waals surface area contributed by atoms with Crippen molar-refractivity contribution in [1.29, 1.82) is 0 Å². The molecule has 17 heavy (non-hydrogen) atoms. The van der Waals surface area contributed by atoms with Gasteiger partial charge in [0.1, 0.15) is 6.54 Å². The lowest BCUT2D eigenvalue weighted by Crippen LogP contribution is -2.32. The Labute approximate surface area is 103 Å². The molecule has 0 aliphatic heterocycles. The zero-order valence-corrected chi connectivity index (χ0v) is 10.3. The summed E-state index contributed by atoms with van der Waals surface area (Å²) in [7, 11) is 0. The predicted octanol–water partition coefficient (Wildman–Crippen LogP) is 3.23. The lowest BCUT2D eigenvalue weighted by atomic mass is 10.1. The Hall–Kier alpha value is -1.70. The van der Waals surface area contributed by atoms with E-state index >= 15 is 0 Å². The van der Waals surface area contributed by atoms with Crippen molar-refractivity contribution in [2.24, 2.45) is 0 Å². The normalized spacial score (nSPS) is 10.4. The Morgan fingerprint density at radius 3 is 2.24 bits per heavy atom. The molecule has 88 valence electrons. The maximum atomic E-state index is 4.03. The molecule has 0 saturated carbocycles. The second kappa shape index (κ2) is 6.14. The van der Waals surface area contributed by atoms with E-state index in [1.807, 2.05) is 24.5 Å². The van der Waals surface area contributed by atoms with Gasteiger partial charge in [0.05, 0.1) is 0 Å². The average Bonchev–Trinajstić information content (AvgIpc) is 2.41. The van der Waals surface area contributed by atoms with Crippen LogP contribution in [0.4, 0.5) is 0 Å². The van der Waals surface area contributed by atoms with E-state index in [2.05, 4.69) is 41.0 Å². The van der Waals surface area contributed by atoms with E-state index in [1.54, 1.807) is 0 Å². The SMILES string of the molecule is CCCCC[n+]1ccc(-c2ccncc2)cc1. The Morgan fingerprint density at radius 2 is 1.59 bits per heavy atom. The zero-order valence-electron chi connectivity index (χ0n) is 10.3. The number of nitrogens with zero attached hydrogens (tertiary/aromatic N) is 2. The smallest absolute Gasteiger partial charge is 0.169 e. The van der Waals surface area contributed by atoms with Crippen molar-refractivity contribution in [1.82, 2.24) is 4.98 Å². The van der Waals surface area contributed by atoms with E-state index in [0.717, 1.165) is 6.54 Å². The van der Waals surface area contributed by atoms with Crippen molar-refractivity contribution in [3.63, 3.8) is 0 Å². The van der Waals surface area contributed by atoms with Crippen LogP contribution >= 0.6 is 0 Å². The molecule has 2 aromatic heterocycles. The van der Waals surface area contributed by atoms with Crippen LogP contribution in [0.3, 0.4) is 0 Å². The maximum Gasteiger partial charge on any atom is 0.169 e. The van der Waals surface area contributed by atoms with Crippen LogP contribution in [0.2, 0.25) is 0 Å². The third kappa shape index (κ3) is 3.38. The molecule has 2 heterocycles. The van der Waals surface area contributed by atoms with Gasteiger partial charge in [-0.15, -0.1) is 0 Å². The molecule has 0 spiro atoms. The molecule has 0 amide bonds. The highest BCUT2D eigenvalue weighted by molar-refractivity contribution is 5.61. The summed E-state index contributed by atoms with van der Waals surface area (Å²) in [5, 5.41) is 0. The summed E-state index contributed by atoms with van der Waals surface area (Å²) < 4.78 is 2.25. The van der Waals surface area contributed by atoms with Crippen molar-refractivity contribution >= 4 is 0 Å². The zero-order chi connectivity index (χ0) is 11.9. The quantitative estimate of drug-likeness (QED) is 0.566. The molecule has 2 rings (SSSR count). The fourth-order valence-corrected chi connectivity index (χ4v) is 1.89. The third-order valence-corrected chi connectivity index (χ3v) is 2.92. The van der Waals surface area contributed by atoms with Gasteiger partial charge < -0.3 is 0 Å². The number of pyridine rings is 2. The number of aryl methyl sites for hydroxylation is 1. The molecule has 0 bridgehead atoms. The third-order valence-electron chi connectivity index (χ3n) is 2.92. The van der Waals surface area contributed by atoms with Gasteiger partial charge in [-0.3, -0.25) is 4.98 Å². The van der Waals surface area contributed by atoms with Crippen molar-refractivity contribution in [2.75, 3.05) is 0 Å². The molecule has 0 atom stereocenters. The van der Waals surface area contributed by atoms with Gasteiger partial charge in [0.25, 0.3) is 0 Å². The summed E-state index contributed by atoms with van der Waals surface area (Å²) in [5.74, 6) is 0. The fourth-order valence-electron chi connectivity index (χ4n) is 1.89. The molecule has 0 aliphatic rings. The van der Waals surface area contributed by atoms with Crippen LogP contribution in [0.1, 0.15) is 26.2 Å². The van der Waals surface area contributed by atoms with Gasteiger partial charge in [0.15, 0.2) is 12.4 Å². The van der Waals surface area contributed by atoms with E-state index in [1.165, 1.54) is 30.4 Å². The maximum absolute atomic E-state index is 4.03. The lowest BCUT2D eigenvalue weighted by Gasteiger charge is -2.00. The van der Waals surface area contributed by atoms with Gasteiger partial charge in [-0.1, -0.05) is 13.3 Å². The number of hydrogen-bond acceptors (Lipinski definition) is 1. The highest BCUT2D eigenvalue weighted by atomic mass is 14.9. The molecule has 2 nitrogen and oxygen atoms in total. The first-order chi connectivity index (χ1) is 8.40. The monoisotopic (exact) mass is 227 g/mol. The summed E-state index contributed by atoms with van der Waals surface area (Å²) >= 11 is 0. The van der Waals surface area contributed by atoms with Crippen molar-refractivity contribution < 1.29 is 4.57 Å². The largest absolute Gasteiger partial charge is 0.265 e. The van der Waals surface area contributed by atoms with Gasteiger partial charge in [0.2, 0.25) is 0 Å². The second-order valence-electron chi connectivity index (χ2n) is 4.27. The average molecular weight is 227 g/mol. The van der Waals surface area contributed by atoms with Crippen molar-refractivity contribution in [3.8, 4) is 11.1 Å². The summed E-state index contributed by atoms with van der Waals surface area (Å²) in [6.45, 7) is 3.35. The summed E-state index contributed by atoms with van der Waals surface area (Å²) in [5.41, 5.74) is 2.47. The Bertz CT molecular complexity index is 434. The predicted molar refractivity (Wildman–Crippen MR) is 69.4 cm³/mol. The molecule has 0 aliphatic carbocycles. The second-order valence-corrected chi connectivity index (χ2v) is 4.27. The van der Waals surface area contributed by atoms with Crippen LogP contribution < -0.4 is 4.57 Å². The molecular formula is C15H19N2+. The molecule has 0 saturated heterocycles. The lowest BCUT2D eigenvalue weighted by molar-refractivity contribution is -0.697. The van der Waals surface area contributed by atoms with Crippen LogP contribution in [0.15, 0.2) is 49.1 Å². The van der Waals surface area contributed by atoms with Gasteiger partial charge >= 0.3 is 0 Å². The molecule has 0 N–H and O–H groups in total. The van der Waals surface area contributed by atoms with Crippen LogP contribution in [0.5, 0.6) is 0 Å². The highest BCUT2D eigenvalue weighted by Gasteiger charge is 2.01. The number of unbranched alkanes of at least 4 members (excludes halogenated alkanes) is 2. The van der Waals surface area contributed by atoms with Crippen LogP contribution in [-0.4, -0.2) is 4.98 Å². The highest BCUT2D eigenvalue weighted by Crippen LogP contribution is 2.15. The van der Waals surface area contributed by atoms with Crippen molar-refractivity contribution in [2.45, 2.75) is 32.7 Å². The first-order valence-corrected chi connectivity index (χ1v) is 6.29. The van der Waals surface area contributed by atoms with E-state index in [0.29, 0.717) is 0 Å². The number of hydrogen-bond donors (Lipinski definition) is 0. The molecule has 2 aromatic rings. The first kappa shape index (κ1) is 11.8. The summed E-state index contributed by atoms with van der Waals surface area (Å²) in [6.07, 6.45) is 11.8. The van der Waals surface area contributed by atoms with E-state index in [9.17, 15) is 0 Å². The molecular weight excluding hydrogens is 208 g/mol. The molecule has 0 fully saturated rings. The molecule has 0 unspecified atom stereocenters. The Kier molecular flexibility index (Phi) is 4.25. The fraction of sp³-hybridized carbons (Fsp3) is 0.333. The minimum atomic E-state index is 1.12. The van der Waals surface area contributed by atoms with Crippen LogP contribution in [0.25, 0.3) is 11.1 Å². The minimum absolute atomic E-state index is 1.12. The molecule has 0 radical (unpaired) electrons. The number of rotatable bonds is 5. The van der Waals surface area contributed by atoms with Crippen LogP contribution in [-0.2, 0) is 6.54 Å². The van der Waals surface area contributed by atoms with E-state index in [4.69, 9.17) is 0 Å². The van der Waals surface area contributed by atoms with E-state index < -0.39 is 0 Å². The summed E-state index contributed by atoms with van der Waals surface area (Å²) in [4.78, 5) is 4.03. The minimum Gasteiger partial charge on any atom is -0.265 e. The number of aromatic nitrogens is 2. The summed E-state index contributed by atoms with van der Waals surface area (Å²) in [6, 6.07) is 8.41. The van der Waals surface area contributed by atoms with Gasteiger partial charge in [-0.05, 0) is 29.7 Å². The Morgan fingerprint density at radius 1 is 0.941 bits per heavy atom.